The molecule has 9 heteroatoms. The van der Waals surface area contributed by atoms with Crippen LogP contribution in [0.25, 0.3) is 0 Å². The molecule has 0 aliphatic heterocycles. The van der Waals surface area contributed by atoms with Gasteiger partial charge < -0.3 is 14.8 Å². The number of rotatable bonds is 8. The highest BCUT2D eigenvalue weighted by molar-refractivity contribution is 9.10. The van der Waals surface area contributed by atoms with E-state index in [0.717, 1.165) is 25.1 Å². The molecule has 0 aliphatic rings. The fraction of sp³-hybridized carbons (Fsp3) is 0.182. The van der Waals surface area contributed by atoms with Crippen molar-refractivity contribution in [2.45, 2.75) is 13.3 Å². The van der Waals surface area contributed by atoms with Crippen molar-refractivity contribution in [2.75, 3.05) is 13.1 Å². The minimum absolute atomic E-state index is 0.133. The Morgan fingerprint density at radius 2 is 1.45 bits per heavy atom. The van der Waals surface area contributed by atoms with Crippen LogP contribution >= 0.6 is 31.9 Å². The van der Waals surface area contributed by atoms with Crippen molar-refractivity contribution in [3.8, 4) is 11.5 Å². The van der Waals surface area contributed by atoms with Crippen molar-refractivity contribution in [3.05, 3.63) is 80.8 Å². The summed E-state index contributed by atoms with van der Waals surface area (Å²) >= 11 is 6.56. The quantitative estimate of drug-likeness (QED) is 0.250. The molecule has 7 nitrogen and oxygen atoms in total. The highest BCUT2D eigenvalue weighted by atomic mass is 79.9. The molecular formula is C22H19Br2N3O4. The van der Waals surface area contributed by atoms with Crippen molar-refractivity contribution < 1.29 is 19.1 Å². The van der Waals surface area contributed by atoms with E-state index in [-0.39, 0.29) is 22.6 Å². The lowest BCUT2D eigenvalue weighted by molar-refractivity contribution is 0.0681. The number of hydrogen-bond donors (Lipinski definition) is 1. The molecule has 0 saturated carbocycles. The van der Waals surface area contributed by atoms with Crippen LogP contribution in [-0.4, -0.2) is 35.0 Å². The first-order valence-corrected chi connectivity index (χ1v) is 11.0. The molecule has 160 valence electrons. The fourth-order valence-corrected chi connectivity index (χ4v) is 3.38. The summed E-state index contributed by atoms with van der Waals surface area (Å²) in [6, 6.07) is 8.34. The van der Waals surface area contributed by atoms with E-state index in [1.54, 1.807) is 36.7 Å². The first-order valence-electron chi connectivity index (χ1n) is 9.45. The number of carbonyl (C=O) groups is 2. The summed E-state index contributed by atoms with van der Waals surface area (Å²) in [6.45, 7) is 3.65. The number of benzene rings is 1. The van der Waals surface area contributed by atoms with Crippen molar-refractivity contribution in [3.63, 3.8) is 0 Å². The molecule has 0 aliphatic carbocycles. The molecule has 0 radical (unpaired) electrons. The molecule has 3 rings (SSSR count). The van der Waals surface area contributed by atoms with E-state index in [4.69, 9.17) is 9.47 Å². The Bertz CT molecular complexity index is 1090. The first kappa shape index (κ1) is 23.1. The summed E-state index contributed by atoms with van der Waals surface area (Å²) in [4.78, 5) is 33.2. The van der Waals surface area contributed by atoms with Crippen LogP contribution in [0.4, 0.5) is 0 Å². The zero-order valence-corrected chi connectivity index (χ0v) is 19.8. The minimum Gasteiger partial charge on any atom is -0.419 e. The molecule has 1 aromatic carbocycles. The van der Waals surface area contributed by atoms with Crippen LogP contribution in [0.1, 0.15) is 33.2 Å². The van der Waals surface area contributed by atoms with E-state index in [0.29, 0.717) is 8.95 Å². The van der Waals surface area contributed by atoms with Gasteiger partial charge in [0.2, 0.25) is 0 Å². The number of likely N-dealkylation sites (N-methyl/N-ethyl adjacent to an activating group) is 1. The van der Waals surface area contributed by atoms with Gasteiger partial charge in [-0.2, -0.15) is 0 Å². The third-order valence-electron chi connectivity index (χ3n) is 4.14. The molecule has 0 saturated heterocycles. The Morgan fingerprint density at radius 3 is 2.00 bits per heavy atom. The molecule has 0 unspecified atom stereocenters. The lowest BCUT2D eigenvalue weighted by Crippen LogP contribution is -2.16. The van der Waals surface area contributed by atoms with Gasteiger partial charge in [-0.25, -0.2) is 9.59 Å². The number of ether oxygens (including phenoxy) is 2. The third-order valence-corrected chi connectivity index (χ3v) is 5.00. The van der Waals surface area contributed by atoms with E-state index in [1.807, 2.05) is 13.0 Å². The Hall–Kier alpha value is -2.62. The molecule has 3 aromatic rings. The molecule has 0 bridgehead atoms. The van der Waals surface area contributed by atoms with Gasteiger partial charge >= 0.3 is 11.9 Å². The van der Waals surface area contributed by atoms with Crippen LogP contribution in [0.2, 0.25) is 0 Å². The van der Waals surface area contributed by atoms with E-state index in [2.05, 4.69) is 47.1 Å². The summed E-state index contributed by atoms with van der Waals surface area (Å²) < 4.78 is 12.4. The second kappa shape index (κ2) is 11.1. The van der Waals surface area contributed by atoms with E-state index >= 15 is 0 Å². The Kier molecular flexibility index (Phi) is 8.27. The Labute approximate surface area is 196 Å². The van der Waals surface area contributed by atoms with Gasteiger partial charge in [0.1, 0.15) is 0 Å². The zero-order chi connectivity index (χ0) is 22.2. The Morgan fingerprint density at radius 1 is 0.871 bits per heavy atom. The molecule has 2 heterocycles. The van der Waals surface area contributed by atoms with Crippen molar-refractivity contribution in [2.24, 2.45) is 0 Å². The van der Waals surface area contributed by atoms with Gasteiger partial charge in [-0.15, -0.1) is 0 Å². The molecule has 2 aromatic heterocycles. The van der Waals surface area contributed by atoms with Crippen LogP contribution in [0, 0.1) is 0 Å². The van der Waals surface area contributed by atoms with Crippen LogP contribution in [0.3, 0.4) is 0 Å². The number of hydrogen-bond acceptors (Lipinski definition) is 7. The van der Waals surface area contributed by atoms with E-state index in [9.17, 15) is 9.59 Å². The lowest BCUT2D eigenvalue weighted by atomic mass is 10.1. The van der Waals surface area contributed by atoms with Gasteiger partial charge in [-0.05, 0) is 81.2 Å². The zero-order valence-electron chi connectivity index (χ0n) is 16.6. The van der Waals surface area contributed by atoms with Crippen molar-refractivity contribution in [1.82, 2.24) is 15.3 Å². The van der Waals surface area contributed by atoms with Crippen LogP contribution < -0.4 is 14.8 Å². The lowest BCUT2D eigenvalue weighted by Gasteiger charge is -2.13. The molecule has 0 amide bonds. The number of pyridine rings is 2. The summed E-state index contributed by atoms with van der Waals surface area (Å²) in [5, 5.41) is 3.24. The number of nitrogens with zero attached hydrogens (tertiary/aromatic N) is 2. The van der Waals surface area contributed by atoms with Crippen LogP contribution in [0.5, 0.6) is 11.5 Å². The van der Waals surface area contributed by atoms with Gasteiger partial charge in [0.15, 0.2) is 11.5 Å². The molecule has 1 N–H and O–H groups in total. The standard InChI is InChI=1S/C22H19Br2N3O4/c1-2-25-6-5-14-3-4-19(30-21(28)15-8-17(23)12-26-10-15)20(7-14)31-22(29)16-9-18(24)13-27-11-16/h3-4,7-13,25H,2,5-6H2,1H3. The van der Waals surface area contributed by atoms with E-state index in [1.165, 1.54) is 12.4 Å². The summed E-state index contributed by atoms with van der Waals surface area (Å²) in [6.07, 6.45) is 6.66. The second-order valence-corrected chi connectivity index (χ2v) is 8.28. The number of aromatic nitrogens is 2. The van der Waals surface area contributed by atoms with Crippen LogP contribution in [0.15, 0.2) is 64.1 Å². The predicted octanol–water partition coefficient (Wildman–Crippen LogP) is 4.59. The SMILES string of the molecule is CCNCCc1ccc(OC(=O)c2cncc(Br)c2)c(OC(=O)c2cncc(Br)c2)c1. The first-order chi connectivity index (χ1) is 15.0. The summed E-state index contributed by atoms with van der Waals surface area (Å²) in [5.41, 5.74) is 1.46. The maximum atomic E-state index is 12.6. The maximum Gasteiger partial charge on any atom is 0.345 e. The molecule has 31 heavy (non-hydrogen) atoms. The number of esters is 2. The van der Waals surface area contributed by atoms with Gasteiger partial charge in [0, 0.05) is 33.7 Å². The maximum absolute atomic E-state index is 12.6. The normalized spacial score (nSPS) is 10.5. The molecule has 0 atom stereocenters. The highest BCUT2D eigenvalue weighted by Gasteiger charge is 2.18. The summed E-state index contributed by atoms with van der Waals surface area (Å²) in [7, 11) is 0. The van der Waals surface area contributed by atoms with Gasteiger partial charge in [0.25, 0.3) is 0 Å². The second-order valence-electron chi connectivity index (χ2n) is 6.45. The van der Waals surface area contributed by atoms with Crippen molar-refractivity contribution in [1.29, 1.82) is 0 Å². The Balaban J connectivity index is 1.86. The van der Waals surface area contributed by atoms with Gasteiger partial charge in [-0.1, -0.05) is 13.0 Å². The monoisotopic (exact) mass is 547 g/mol. The number of carbonyl (C=O) groups excluding carboxylic acids is 2. The van der Waals surface area contributed by atoms with Crippen LogP contribution in [-0.2, 0) is 6.42 Å². The fourth-order valence-electron chi connectivity index (χ4n) is 2.65. The predicted molar refractivity (Wildman–Crippen MR) is 122 cm³/mol. The smallest absolute Gasteiger partial charge is 0.345 e. The van der Waals surface area contributed by atoms with Gasteiger partial charge in [0.05, 0.1) is 11.1 Å². The number of nitrogens with one attached hydrogen (secondary N) is 1. The highest BCUT2D eigenvalue weighted by Crippen LogP contribution is 2.30. The van der Waals surface area contributed by atoms with Gasteiger partial charge in [-0.3, -0.25) is 9.97 Å². The average molecular weight is 549 g/mol. The summed E-state index contributed by atoms with van der Waals surface area (Å²) in [5.74, 6) is -0.946. The molecule has 0 spiro atoms. The topological polar surface area (TPSA) is 90.4 Å². The van der Waals surface area contributed by atoms with Crippen molar-refractivity contribution >= 4 is 43.8 Å². The third kappa shape index (κ3) is 6.68. The largest absolute Gasteiger partial charge is 0.419 e. The molecule has 0 fully saturated rings. The average Bonchev–Trinajstić information content (AvgIpc) is 2.75. The molecular weight excluding hydrogens is 530 g/mol. The van der Waals surface area contributed by atoms with E-state index < -0.39 is 11.9 Å². The number of halogens is 2. The minimum atomic E-state index is -0.615.